The van der Waals surface area contributed by atoms with Gasteiger partial charge in [0.25, 0.3) is 0 Å². The summed E-state index contributed by atoms with van der Waals surface area (Å²) in [6.07, 6.45) is 1.16. The quantitative estimate of drug-likeness (QED) is 0.899. The van der Waals surface area contributed by atoms with Crippen LogP contribution >= 0.6 is 11.6 Å². The lowest BCUT2D eigenvalue weighted by Gasteiger charge is -2.09. The second kappa shape index (κ2) is 5.69. The van der Waals surface area contributed by atoms with Gasteiger partial charge in [0.05, 0.1) is 12.2 Å². The van der Waals surface area contributed by atoms with Crippen LogP contribution in [0.4, 0.5) is 0 Å². The van der Waals surface area contributed by atoms with Gasteiger partial charge in [-0.05, 0) is 12.1 Å². The van der Waals surface area contributed by atoms with Gasteiger partial charge in [0, 0.05) is 11.8 Å². The summed E-state index contributed by atoms with van der Waals surface area (Å²) in [6, 6.07) is 8.13. The van der Waals surface area contributed by atoms with E-state index in [1.54, 1.807) is 24.3 Å². The SMILES string of the molecule is O=C(O)c1cnc(Oc2ccccc2CO)c(Cl)c1. The number of rotatable bonds is 4. The zero-order valence-corrected chi connectivity index (χ0v) is 10.5. The molecule has 2 rings (SSSR count). The highest BCUT2D eigenvalue weighted by Gasteiger charge is 2.11. The Labute approximate surface area is 114 Å². The van der Waals surface area contributed by atoms with Gasteiger partial charge in [-0.2, -0.15) is 0 Å². The first-order valence-electron chi connectivity index (χ1n) is 5.37. The van der Waals surface area contributed by atoms with E-state index >= 15 is 0 Å². The third kappa shape index (κ3) is 3.01. The topological polar surface area (TPSA) is 79.7 Å². The van der Waals surface area contributed by atoms with Gasteiger partial charge in [-0.1, -0.05) is 29.8 Å². The summed E-state index contributed by atoms with van der Waals surface area (Å²) in [4.78, 5) is 14.6. The number of hydrogen-bond acceptors (Lipinski definition) is 4. The Hall–Kier alpha value is -2.11. The average molecular weight is 280 g/mol. The van der Waals surface area contributed by atoms with Crippen molar-refractivity contribution in [2.24, 2.45) is 0 Å². The van der Waals surface area contributed by atoms with Crippen LogP contribution in [0.15, 0.2) is 36.5 Å². The van der Waals surface area contributed by atoms with Crippen molar-refractivity contribution in [2.75, 3.05) is 0 Å². The third-order valence-corrected chi connectivity index (χ3v) is 2.67. The summed E-state index contributed by atoms with van der Waals surface area (Å²) in [5.41, 5.74) is 0.565. The molecule has 0 radical (unpaired) electrons. The Morgan fingerprint density at radius 2 is 2.11 bits per heavy atom. The Balaban J connectivity index is 2.31. The largest absolute Gasteiger partial charge is 0.478 e. The number of carboxylic acid groups (broad SMARTS) is 1. The molecule has 0 aliphatic rings. The molecule has 0 atom stereocenters. The Morgan fingerprint density at radius 3 is 2.74 bits per heavy atom. The van der Waals surface area contributed by atoms with Crippen LogP contribution in [-0.2, 0) is 6.61 Å². The predicted octanol–water partition coefficient (Wildman–Crippen LogP) is 2.72. The molecule has 0 aliphatic carbocycles. The van der Waals surface area contributed by atoms with Crippen molar-refractivity contribution in [1.29, 1.82) is 0 Å². The summed E-state index contributed by atoms with van der Waals surface area (Å²) >= 11 is 5.91. The van der Waals surface area contributed by atoms with Gasteiger partial charge in [0.1, 0.15) is 10.8 Å². The second-order valence-electron chi connectivity index (χ2n) is 3.68. The second-order valence-corrected chi connectivity index (χ2v) is 4.09. The first-order chi connectivity index (χ1) is 9.11. The summed E-state index contributed by atoms with van der Waals surface area (Å²) in [6.45, 7) is -0.180. The maximum absolute atomic E-state index is 10.8. The van der Waals surface area contributed by atoms with Crippen molar-refractivity contribution in [3.63, 3.8) is 0 Å². The Morgan fingerprint density at radius 1 is 1.37 bits per heavy atom. The molecule has 5 nitrogen and oxygen atoms in total. The van der Waals surface area contributed by atoms with Crippen molar-refractivity contribution in [2.45, 2.75) is 6.61 Å². The van der Waals surface area contributed by atoms with Crippen molar-refractivity contribution in [3.05, 3.63) is 52.7 Å². The summed E-state index contributed by atoms with van der Waals surface area (Å²) < 4.78 is 5.47. The van der Waals surface area contributed by atoms with E-state index in [0.29, 0.717) is 11.3 Å². The third-order valence-electron chi connectivity index (χ3n) is 2.40. The molecule has 0 bridgehead atoms. The smallest absolute Gasteiger partial charge is 0.337 e. The van der Waals surface area contributed by atoms with E-state index in [9.17, 15) is 9.90 Å². The fraction of sp³-hybridized carbons (Fsp3) is 0.0769. The minimum absolute atomic E-state index is 0.0206. The lowest BCUT2D eigenvalue weighted by atomic mass is 10.2. The fourth-order valence-corrected chi connectivity index (χ4v) is 1.66. The normalized spacial score (nSPS) is 10.2. The molecule has 0 saturated carbocycles. The molecule has 0 unspecified atom stereocenters. The number of benzene rings is 1. The first-order valence-corrected chi connectivity index (χ1v) is 5.75. The van der Waals surface area contributed by atoms with E-state index < -0.39 is 5.97 Å². The lowest BCUT2D eigenvalue weighted by Crippen LogP contribution is -1.99. The number of aliphatic hydroxyl groups is 1. The number of ether oxygens (including phenoxy) is 1. The van der Waals surface area contributed by atoms with Crippen LogP contribution in [-0.4, -0.2) is 21.2 Å². The molecule has 0 spiro atoms. The minimum atomic E-state index is -1.11. The fourth-order valence-electron chi connectivity index (χ4n) is 1.46. The number of carbonyl (C=O) groups is 1. The minimum Gasteiger partial charge on any atom is -0.478 e. The molecule has 0 amide bonds. The first kappa shape index (κ1) is 13.3. The molecule has 0 saturated heterocycles. The summed E-state index contributed by atoms with van der Waals surface area (Å²) in [5, 5.41) is 18.1. The van der Waals surface area contributed by atoms with Gasteiger partial charge in [-0.15, -0.1) is 0 Å². The standard InChI is InChI=1S/C13H10ClNO4/c14-10-5-9(13(17)18)6-15-12(10)19-11-4-2-1-3-8(11)7-16/h1-6,16H,7H2,(H,17,18). The average Bonchev–Trinajstić information content (AvgIpc) is 2.41. The highest BCUT2D eigenvalue weighted by atomic mass is 35.5. The molecule has 98 valence electrons. The Kier molecular flexibility index (Phi) is 3.99. The molecule has 1 heterocycles. The van der Waals surface area contributed by atoms with E-state index in [1.165, 1.54) is 6.07 Å². The highest BCUT2D eigenvalue weighted by Crippen LogP contribution is 2.29. The van der Waals surface area contributed by atoms with E-state index in [0.717, 1.165) is 6.20 Å². The van der Waals surface area contributed by atoms with Gasteiger partial charge < -0.3 is 14.9 Å². The number of carboxylic acids is 1. The van der Waals surface area contributed by atoms with Gasteiger partial charge in [0.15, 0.2) is 0 Å². The zero-order valence-electron chi connectivity index (χ0n) is 9.71. The van der Waals surface area contributed by atoms with Crippen LogP contribution < -0.4 is 4.74 Å². The van der Waals surface area contributed by atoms with Gasteiger partial charge in [-0.3, -0.25) is 0 Å². The molecule has 6 heteroatoms. The van der Waals surface area contributed by atoms with Crippen molar-refractivity contribution in [3.8, 4) is 11.6 Å². The van der Waals surface area contributed by atoms with Crippen molar-refractivity contribution >= 4 is 17.6 Å². The molecule has 1 aromatic heterocycles. The number of aromatic nitrogens is 1. The van der Waals surface area contributed by atoms with E-state index in [2.05, 4.69) is 4.98 Å². The molecule has 0 fully saturated rings. The number of nitrogens with zero attached hydrogens (tertiary/aromatic N) is 1. The molecular formula is C13H10ClNO4. The predicted molar refractivity (Wildman–Crippen MR) is 68.6 cm³/mol. The Bertz CT molecular complexity index is 615. The molecule has 19 heavy (non-hydrogen) atoms. The van der Waals surface area contributed by atoms with Crippen molar-refractivity contribution in [1.82, 2.24) is 4.98 Å². The zero-order chi connectivity index (χ0) is 13.8. The highest BCUT2D eigenvalue weighted by molar-refractivity contribution is 6.32. The van der Waals surface area contributed by atoms with Crippen LogP contribution in [0.25, 0.3) is 0 Å². The monoisotopic (exact) mass is 279 g/mol. The van der Waals surface area contributed by atoms with Crippen molar-refractivity contribution < 1.29 is 19.7 Å². The van der Waals surface area contributed by atoms with Gasteiger partial charge in [-0.25, -0.2) is 9.78 Å². The number of aliphatic hydroxyl groups excluding tert-OH is 1. The number of aromatic carboxylic acids is 1. The number of hydrogen-bond donors (Lipinski definition) is 2. The molecular weight excluding hydrogens is 270 g/mol. The van der Waals surface area contributed by atoms with Gasteiger partial charge >= 0.3 is 5.97 Å². The number of pyridine rings is 1. The number of halogens is 1. The van der Waals surface area contributed by atoms with E-state index in [-0.39, 0.29) is 23.1 Å². The van der Waals surface area contributed by atoms with Crippen LogP contribution in [0, 0.1) is 0 Å². The molecule has 2 aromatic rings. The molecule has 1 aromatic carbocycles. The van der Waals surface area contributed by atoms with E-state index in [4.69, 9.17) is 21.4 Å². The molecule has 2 N–H and O–H groups in total. The van der Waals surface area contributed by atoms with E-state index in [1.807, 2.05) is 0 Å². The molecule has 0 aliphatic heterocycles. The maximum atomic E-state index is 10.8. The van der Waals surface area contributed by atoms with Crippen LogP contribution in [0.1, 0.15) is 15.9 Å². The van der Waals surface area contributed by atoms with Crippen LogP contribution in [0.2, 0.25) is 5.02 Å². The summed E-state index contributed by atoms with van der Waals surface area (Å²) in [5.74, 6) is -0.605. The van der Waals surface area contributed by atoms with Gasteiger partial charge in [0.2, 0.25) is 5.88 Å². The maximum Gasteiger partial charge on any atom is 0.337 e. The van der Waals surface area contributed by atoms with Crippen LogP contribution in [0.3, 0.4) is 0 Å². The lowest BCUT2D eigenvalue weighted by molar-refractivity contribution is 0.0696. The van der Waals surface area contributed by atoms with Crippen LogP contribution in [0.5, 0.6) is 11.6 Å². The number of para-hydroxylation sites is 1. The summed E-state index contributed by atoms with van der Waals surface area (Å²) in [7, 11) is 0.